The van der Waals surface area contributed by atoms with Gasteiger partial charge in [-0.2, -0.15) is 0 Å². The Morgan fingerprint density at radius 2 is 2.10 bits per heavy atom. The minimum absolute atomic E-state index is 0.254. The van der Waals surface area contributed by atoms with E-state index in [-0.39, 0.29) is 11.8 Å². The molecule has 2 amide bonds. The molecule has 0 spiro atoms. The number of hydrogen-bond donors (Lipinski definition) is 2. The molecule has 0 aliphatic heterocycles. The van der Waals surface area contributed by atoms with E-state index in [4.69, 9.17) is 0 Å². The average molecular weight is 290 g/mol. The van der Waals surface area contributed by atoms with Crippen molar-refractivity contribution in [2.75, 3.05) is 0 Å². The Balaban J connectivity index is 2.74. The van der Waals surface area contributed by atoms with Crippen LogP contribution in [0.25, 0.3) is 0 Å². The first-order chi connectivity index (χ1) is 10.1. The predicted octanol–water partition coefficient (Wildman–Crippen LogP) is 1.27. The Morgan fingerprint density at radius 3 is 2.71 bits per heavy atom. The lowest BCUT2D eigenvalue weighted by molar-refractivity contribution is -0.127. The minimum atomic E-state index is -0.697. The largest absolute Gasteiger partial charge is 0.347 e. The molecule has 0 aromatic carbocycles. The van der Waals surface area contributed by atoms with Crippen molar-refractivity contribution in [2.45, 2.75) is 38.8 Å². The summed E-state index contributed by atoms with van der Waals surface area (Å²) in [6, 6.07) is -1.32. The summed E-state index contributed by atoms with van der Waals surface area (Å²) in [6.07, 6.45) is 11.8. The molecule has 2 N–H and O–H groups in total. The van der Waals surface area contributed by atoms with Gasteiger partial charge >= 0.3 is 0 Å². The number of amides is 2. The van der Waals surface area contributed by atoms with Crippen LogP contribution in [0.3, 0.4) is 0 Å². The number of carbonyl (C=O) groups is 3. The fraction of sp³-hybridized carbons (Fsp3) is 0.438. The maximum absolute atomic E-state index is 12.2. The maximum atomic E-state index is 12.2. The van der Waals surface area contributed by atoms with E-state index in [1.54, 1.807) is 6.08 Å². The van der Waals surface area contributed by atoms with Gasteiger partial charge in [0.25, 0.3) is 0 Å². The van der Waals surface area contributed by atoms with Crippen LogP contribution < -0.4 is 10.6 Å². The topological polar surface area (TPSA) is 75.3 Å². The quantitative estimate of drug-likeness (QED) is 0.661. The van der Waals surface area contributed by atoms with Crippen LogP contribution in [0.4, 0.5) is 0 Å². The molecule has 0 radical (unpaired) electrons. The molecule has 21 heavy (non-hydrogen) atoms. The van der Waals surface area contributed by atoms with Gasteiger partial charge in [-0.3, -0.25) is 9.59 Å². The van der Waals surface area contributed by atoms with Crippen molar-refractivity contribution < 1.29 is 14.4 Å². The fourth-order valence-corrected chi connectivity index (χ4v) is 2.08. The van der Waals surface area contributed by atoms with Gasteiger partial charge in [-0.15, -0.1) is 0 Å². The molecule has 1 aliphatic carbocycles. The zero-order valence-electron chi connectivity index (χ0n) is 12.4. The smallest absolute Gasteiger partial charge is 0.243 e. The Kier molecular flexibility index (Phi) is 7.15. The summed E-state index contributed by atoms with van der Waals surface area (Å²) >= 11 is 0. The summed E-state index contributed by atoms with van der Waals surface area (Å²) in [5, 5.41) is 5.18. The van der Waals surface area contributed by atoms with E-state index in [1.165, 1.54) is 0 Å². The summed E-state index contributed by atoms with van der Waals surface area (Å²) in [4.78, 5) is 34.1. The zero-order valence-corrected chi connectivity index (χ0v) is 12.4. The van der Waals surface area contributed by atoms with Crippen molar-refractivity contribution in [3.05, 3.63) is 36.0 Å². The molecule has 5 heteroatoms. The summed E-state index contributed by atoms with van der Waals surface area (Å²) in [6.45, 7) is 3.93. The van der Waals surface area contributed by atoms with Crippen LogP contribution in [0, 0.1) is 5.92 Å². The Morgan fingerprint density at radius 1 is 1.33 bits per heavy atom. The van der Waals surface area contributed by atoms with E-state index in [0.717, 1.165) is 5.57 Å². The van der Waals surface area contributed by atoms with Crippen LogP contribution in [-0.2, 0) is 14.4 Å². The van der Waals surface area contributed by atoms with Gasteiger partial charge in [-0.05, 0) is 24.3 Å². The first-order valence-electron chi connectivity index (χ1n) is 7.07. The van der Waals surface area contributed by atoms with Gasteiger partial charge in [0.1, 0.15) is 18.4 Å². The van der Waals surface area contributed by atoms with Crippen molar-refractivity contribution in [3.63, 3.8) is 0 Å². The molecule has 1 rings (SSSR count). The molecule has 0 saturated carbocycles. The highest BCUT2D eigenvalue weighted by Gasteiger charge is 2.22. The first-order valence-corrected chi connectivity index (χ1v) is 7.07. The number of aldehydes is 1. The lowest BCUT2D eigenvalue weighted by Gasteiger charge is -2.21. The van der Waals surface area contributed by atoms with E-state index in [2.05, 4.69) is 10.6 Å². The monoisotopic (exact) mass is 290 g/mol. The molecule has 5 nitrogen and oxygen atoms in total. The molecule has 1 aliphatic rings. The number of carbonyl (C=O) groups excluding carboxylic acids is 3. The Labute approximate surface area is 125 Å². The molecule has 114 valence electrons. The maximum Gasteiger partial charge on any atom is 0.243 e. The Bertz CT molecular complexity index is 464. The van der Waals surface area contributed by atoms with Crippen molar-refractivity contribution in [1.29, 1.82) is 0 Å². The molecule has 0 bridgehead atoms. The molecule has 2 unspecified atom stereocenters. The van der Waals surface area contributed by atoms with Crippen molar-refractivity contribution >= 4 is 18.6 Å². The fourth-order valence-electron chi connectivity index (χ4n) is 2.08. The molecule has 0 aromatic rings. The highest BCUT2D eigenvalue weighted by Crippen LogP contribution is 2.10. The third-order valence-corrected chi connectivity index (χ3v) is 3.11. The second-order valence-corrected chi connectivity index (χ2v) is 5.32. The van der Waals surface area contributed by atoms with Gasteiger partial charge in [-0.25, -0.2) is 0 Å². The molecule has 0 fully saturated rings. The number of allylic oxidation sites excluding steroid dienone is 4. The normalized spacial score (nSPS) is 16.6. The molecular weight excluding hydrogens is 268 g/mol. The second kappa shape index (κ2) is 8.89. The van der Waals surface area contributed by atoms with E-state index in [9.17, 15) is 14.4 Å². The molecule has 0 aromatic heterocycles. The number of nitrogens with one attached hydrogen (secondary N) is 2. The van der Waals surface area contributed by atoms with Crippen LogP contribution in [-0.4, -0.2) is 30.7 Å². The van der Waals surface area contributed by atoms with Crippen LogP contribution in [0.2, 0.25) is 0 Å². The third kappa shape index (κ3) is 5.77. The zero-order chi connectivity index (χ0) is 15.7. The highest BCUT2D eigenvalue weighted by atomic mass is 16.2. The van der Waals surface area contributed by atoms with E-state index in [1.807, 2.05) is 38.2 Å². The van der Waals surface area contributed by atoms with Crippen LogP contribution in [0.1, 0.15) is 26.7 Å². The summed E-state index contributed by atoms with van der Waals surface area (Å²) in [5.41, 5.74) is 0.748. The van der Waals surface area contributed by atoms with Crippen LogP contribution in [0.15, 0.2) is 36.0 Å². The number of hydrogen-bond acceptors (Lipinski definition) is 3. The minimum Gasteiger partial charge on any atom is -0.347 e. The lowest BCUT2D eigenvalue weighted by Crippen LogP contribution is -2.49. The van der Waals surface area contributed by atoms with E-state index in [0.29, 0.717) is 25.5 Å². The van der Waals surface area contributed by atoms with Crippen LogP contribution >= 0.6 is 0 Å². The first kappa shape index (κ1) is 16.9. The molecule has 0 heterocycles. The van der Waals surface area contributed by atoms with E-state index >= 15 is 0 Å². The highest BCUT2D eigenvalue weighted by molar-refractivity contribution is 5.87. The average Bonchev–Trinajstić information content (AvgIpc) is 2.72. The predicted molar refractivity (Wildman–Crippen MR) is 81.4 cm³/mol. The van der Waals surface area contributed by atoms with Gasteiger partial charge < -0.3 is 15.4 Å². The number of rotatable bonds is 8. The van der Waals surface area contributed by atoms with Gasteiger partial charge in [0, 0.05) is 0 Å². The van der Waals surface area contributed by atoms with Gasteiger partial charge in [0.05, 0.1) is 0 Å². The third-order valence-electron chi connectivity index (χ3n) is 3.11. The molecule has 2 atom stereocenters. The van der Waals surface area contributed by atoms with E-state index < -0.39 is 12.1 Å². The standard InChI is InChI=1S/C16H22N2O3/c1-12(2)9-14(17-11-20)16(21)18-15(10-19)13-7-5-3-4-6-8-13/h3-5,7-8,10-12,14-15H,6,9H2,1-2H3,(H,17,20)(H,18,21). The lowest BCUT2D eigenvalue weighted by atomic mass is 10.0. The Hall–Kier alpha value is -2.17. The summed E-state index contributed by atoms with van der Waals surface area (Å²) in [5.74, 6) is -0.0940. The van der Waals surface area contributed by atoms with Gasteiger partial charge in [-0.1, -0.05) is 44.2 Å². The second-order valence-electron chi connectivity index (χ2n) is 5.32. The van der Waals surface area contributed by atoms with Crippen molar-refractivity contribution in [1.82, 2.24) is 10.6 Å². The van der Waals surface area contributed by atoms with Gasteiger partial charge in [0.2, 0.25) is 12.3 Å². The van der Waals surface area contributed by atoms with Crippen molar-refractivity contribution in [2.24, 2.45) is 5.92 Å². The SMILES string of the molecule is CC(C)CC(NC=O)C(=O)NC(C=O)C1=CCC=CC=C1. The summed E-state index contributed by atoms with van der Waals surface area (Å²) < 4.78 is 0. The van der Waals surface area contributed by atoms with Gasteiger partial charge in [0.15, 0.2) is 0 Å². The van der Waals surface area contributed by atoms with Crippen LogP contribution in [0.5, 0.6) is 0 Å². The molecule has 0 saturated heterocycles. The molecular formula is C16H22N2O3. The summed E-state index contributed by atoms with van der Waals surface area (Å²) in [7, 11) is 0. The van der Waals surface area contributed by atoms with Crippen molar-refractivity contribution in [3.8, 4) is 0 Å².